The normalized spacial score (nSPS) is 12.6. The van der Waals surface area contributed by atoms with Gasteiger partial charge in [-0.1, -0.05) is 25.1 Å². The summed E-state index contributed by atoms with van der Waals surface area (Å²) >= 11 is 0. The largest absolute Gasteiger partial charge is 0.491 e. The number of ether oxygens (including phenoxy) is 1. The fraction of sp³-hybridized carbons (Fsp3) is 0.438. The molecular weight excluding hydrogens is 236 g/mol. The Balaban J connectivity index is 2.02. The molecule has 19 heavy (non-hydrogen) atoms. The molecule has 3 nitrogen and oxygen atoms in total. The van der Waals surface area contributed by atoms with Crippen LogP contribution in [0, 0.1) is 6.92 Å². The van der Waals surface area contributed by atoms with Crippen LogP contribution in [-0.2, 0) is 0 Å². The van der Waals surface area contributed by atoms with E-state index in [0.29, 0.717) is 6.61 Å². The number of nitrogens with two attached hydrogens (primary N) is 1. The maximum atomic E-state index is 5.89. The summed E-state index contributed by atoms with van der Waals surface area (Å²) in [6.45, 7) is 4.81. The lowest BCUT2D eigenvalue weighted by atomic mass is 10.1. The van der Waals surface area contributed by atoms with Gasteiger partial charge in [0.15, 0.2) is 0 Å². The summed E-state index contributed by atoms with van der Waals surface area (Å²) in [7, 11) is 0. The quantitative estimate of drug-likeness (QED) is 0.807. The van der Waals surface area contributed by atoms with Crippen molar-refractivity contribution in [3.63, 3.8) is 0 Å². The zero-order valence-electron chi connectivity index (χ0n) is 11.7. The van der Waals surface area contributed by atoms with E-state index in [2.05, 4.69) is 24.0 Å². The number of hydrogen-bond acceptors (Lipinski definition) is 3. The van der Waals surface area contributed by atoms with Gasteiger partial charge in [0.2, 0.25) is 0 Å². The van der Waals surface area contributed by atoms with Gasteiger partial charge in [-0.2, -0.15) is 0 Å². The zero-order chi connectivity index (χ0) is 13.7. The van der Waals surface area contributed by atoms with E-state index in [1.165, 1.54) is 0 Å². The predicted molar refractivity (Wildman–Crippen MR) is 79.5 cm³/mol. The molecule has 3 heteroatoms. The third kappa shape index (κ3) is 3.67. The van der Waals surface area contributed by atoms with E-state index < -0.39 is 0 Å². The Morgan fingerprint density at radius 2 is 2.11 bits per heavy atom. The van der Waals surface area contributed by atoms with Crippen LogP contribution in [0.25, 0.3) is 10.9 Å². The maximum Gasteiger partial charge on any atom is 0.145 e. The zero-order valence-corrected chi connectivity index (χ0v) is 11.7. The van der Waals surface area contributed by atoms with E-state index in [1.54, 1.807) is 0 Å². The van der Waals surface area contributed by atoms with Crippen molar-refractivity contribution in [2.24, 2.45) is 5.73 Å². The highest BCUT2D eigenvalue weighted by molar-refractivity contribution is 5.84. The molecule has 0 amide bonds. The molecule has 1 unspecified atom stereocenters. The molecule has 0 spiro atoms. The second-order valence-corrected chi connectivity index (χ2v) is 4.94. The molecule has 1 aromatic carbocycles. The Labute approximate surface area is 114 Å². The second-order valence-electron chi connectivity index (χ2n) is 4.94. The highest BCUT2D eigenvalue weighted by atomic mass is 16.5. The number of fused-ring (bicyclic) bond motifs is 1. The lowest BCUT2D eigenvalue weighted by Gasteiger charge is -2.11. The van der Waals surface area contributed by atoms with Crippen LogP contribution in [0.5, 0.6) is 5.75 Å². The first-order valence-electron chi connectivity index (χ1n) is 6.95. The number of hydrogen-bond donors (Lipinski definition) is 1. The van der Waals surface area contributed by atoms with Crippen LogP contribution in [0.2, 0.25) is 0 Å². The monoisotopic (exact) mass is 258 g/mol. The molecular formula is C16H22N2O. The van der Waals surface area contributed by atoms with Crippen molar-refractivity contribution in [2.45, 2.75) is 39.2 Å². The van der Waals surface area contributed by atoms with E-state index in [-0.39, 0.29) is 6.04 Å². The van der Waals surface area contributed by atoms with Crippen molar-refractivity contribution in [3.8, 4) is 5.75 Å². The average Bonchev–Trinajstić information content (AvgIpc) is 2.43. The van der Waals surface area contributed by atoms with Crippen LogP contribution in [0.4, 0.5) is 0 Å². The molecule has 2 rings (SSSR count). The number of benzene rings is 1. The Bertz CT molecular complexity index is 539. The average molecular weight is 258 g/mol. The summed E-state index contributed by atoms with van der Waals surface area (Å²) in [6.07, 6.45) is 3.01. The van der Waals surface area contributed by atoms with Gasteiger partial charge in [-0.05, 0) is 38.3 Å². The van der Waals surface area contributed by atoms with Crippen LogP contribution in [0.15, 0.2) is 30.3 Å². The molecule has 1 aromatic heterocycles. The minimum absolute atomic E-state index is 0.288. The third-order valence-electron chi connectivity index (χ3n) is 3.32. The van der Waals surface area contributed by atoms with E-state index >= 15 is 0 Å². The second kappa shape index (κ2) is 6.53. The van der Waals surface area contributed by atoms with Gasteiger partial charge in [0.25, 0.3) is 0 Å². The summed E-state index contributed by atoms with van der Waals surface area (Å²) in [4.78, 5) is 4.56. The van der Waals surface area contributed by atoms with Gasteiger partial charge in [-0.25, -0.2) is 4.98 Å². The lowest BCUT2D eigenvalue weighted by Crippen LogP contribution is -2.19. The maximum absolute atomic E-state index is 5.89. The van der Waals surface area contributed by atoms with E-state index in [4.69, 9.17) is 10.5 Å². The van der Waals surface area contributed by atoms with Crippen LogP contribution in [0.1, 0.15) is 31.9 Å². The van der Waals surface area contributed by atoms with Crippen LogP contribution in [-0.4, -0.2) is 17.6 Å². The molecule has 1 heterocycles. The van der Waals surface area contributed by atoms with Crippen LogP contribution in [0.3, 0.4) is 0 Å². The smallest absolute Gasteiger partial charge is 0.145 e. The van der Waals surface area contributed by atoms with E-state index in [1.807, 2.05) is 25.1 Å². The Morgan fingerprint density at radius 1 is 1.26 bits per heavy atom. The molecule has 0 saturated carbocycles. The molecule has 0 radical (unpaired) electrons. The molecule has 2 N–H and O–H groups in total. The standard InChI is InChI=1S/C16H22N2O/c1-3-14(17)7-5-11-19-15-8-4-6-13-10-9-12(2)18-16(13)15/h4,6,8-10,14H,3,5,7,11,17H2,1-2H3. The summed E-state index contributed by atoms with van der Waals surface area (Å²) in [6, 6.07) is 10.4. The fourth-order valence-corrected chi connectivity index (χ4v) is 2.07. The molecule has 0 aliphatic carbocycles. The first-order valence-corrected chi connectivity index (χ1v) is 6.95. The van der Waals surface area contributed by atoms with Crippen molar-refractivity contribution in [1.82, 2.24) is 4.98 Å². The molecule has 0 aliphatic rings. The van der Waals surface area contributed by atoms with Crippen molar-refractivity contribution in [2.75, 3.05) is 6.61 Å². The molecule has 102 valence electrons. The first kappa shape index (κ1) is 13.8. The summed E-state index contributed by atoms with van der Waals surface area (Å²) in [5.41, 5.74) is 7.85. The highest BCUT2D eigenvalue weighted by Gasteiger charge is 2.04. The number of aromatic nitrogens is 1. The molecule has 1 atom stereocenters. The summed E-state index contributed by atoms with van der Waals surface area (Å²) in [5.74, 6) is 0.867. The predicted octanol–water partition coefficient (Wildman–Crippen LogP) is 3.44. The topological polar surface area (TPSA) is 48.1 Å². The fourth-order valence-electron chi connectivity index (χ4n) is 2.07. The molecule has 2 aromatic rings. The van der Waals surface area contributed by atoms with Gasteiger partial charge in [0.1, 0.15) is 11.3 Å². The number of para-hydroxylation sites is 1. The summed E-state index contributed by atoms with van der Waals surface area (Å²) in [5, 5.41) is 1.12. The Kier molecular flexibility index (Phi) is 4.74. The van der Waals surface area contributed by atoms with Gasteiger partial charge in [-0.15, -0.1) is 0 Å². The first-order chi connectivity index (χ1) is 9.20. The van der Waals surface area contributed by atoms with Gasteiger partial charge in [0.05, 0.1) is 6.61 Å². The third-order valence-corrected chi connectivity index (χ3v) is 3.32. The number of pyridine rings is 1. The van der Waals surface area contributed by atoms with E-state index in [9.17, 15) is 0 Å². The van der Waals surface area contributed by atoms with E-state index in [0.717, 1.165) is 41.6 Å². The molecule has 0 bridgehead atoms. The van der Waals surface area contributed by atoms with Crippen molar-refractivity contribution < 1.29 is 4.74 Å². The minimum Gasteiger partial charge on any atom is -0.491 e. The van der Waals surface area contributed by atoms with Gasteiger partial charge in [0, 0.05) is 17.1 Å². The van der Waals surface area contributed by atoms with Crippen molar-refractivity contribution in [1.29, 1.82) is 0 Å². The number of nitrogens with zero attached hydrogens (tertiary/aromatic N) is 1. The minimum atomic E-state index is 0.288. The number of rotatable bonds is 6. The number of aryl methyl sites for hydroxylation is 1. The Morgan fingerprint density at radius 3 is 2.89 bits per heavy atom. The van der Waals surface area contributed by atoms with Crippen molar-refractivity contribution in [3.05, 3.63) is 36.0 Å². The lowest BCUT2D eigenvalue weighted by molar-refractivity contribution is 0.303. The summed E-state index contributed by atoms with van der Waals surface area (Å²) < 4.78 is 5.85. The molecule has 0 fully saturated rings. The SMILES string of the molecule is CCC(N)CCCOc1cccc2ccc(C)nc12. The van der Waals surface area contributed by atoms with Gasteiger partial charge in [-0.3, -0.25) is 0 Å². The van der Waals surface area contributed by atoms with Crippen LogP contribution >= 0.6 is 0 Å². The molecule has 0 saturated heterocycles. The van der Waals surface area contributed by atoms with Gasteiger partial charge >= 0.3 is 0 Å². The Hall–Kier alpha value is -1.61. The molecule has 0 aliphatic heterocycles. The van der Waals surface area contributed by atoms with Gasteiger partial charge < -0.3 is 10.5 Å². The van der Waals surface area contributed by atoms with Crippen molar-refractivity contribution >= 4 is 10.9 Å². The van der Waals surface area contributed by atoms with Crippen LogP contribution < -0.4 is 10.5 Å². The highest BCUT2D eigenvalue weighted by Crippen LogP contribution is 2.24.